The zero-order chi connectivity index (χ0) is 17.9. The van der Waals surface area contributed by atoms with Crippen LogP contribution in [-0.2, 0) is 0 Å². The van der Waals surface area contributed by atoms with Gasteiger partial charge in [0.2, 0.25) is 5.95 Å². The summed E-state index contributed by atoms with van der Waals surface area (Å²) in [5.74, 6) is 0.705. The maximum Gasteiger partial charge on any atom is 0.229 e. The largest absolute Gasteiger partial charge is 0.339 e. The van der Waals surface area contributed by atoms with Gasteiger partial charge in [0.1, 0.15) is 11.6 Å². The number of nitrogens with one attached hydrogen (secondary N) is 2. The van der Waals surface area contributed by atoms with Gasteiger partial charge in [-0.15, -0.1) is 0 Å². The lowest BCUT2D eigenvalue weighted by Gasteiger charge is -2.10. The lowest BCUT2D eigenvalue weighted by atomic mass is 10.2. The van der Waals surface area contributed by atoms with Gasteiger partial charge < -0.3 is 10.6 Å². The summed E-state index contributed by atoms with van der Waals surface area (Å²) in [6.45, 7) is 0. The Bertz CT molecular complexity index is 1090. The molecule has 0 atom stereocenters. The van der Waals surface area contributed by atoms with E-state index in [1.54, 1.807) is 24.5 Å². The number of rotatable bonds is 4. The summed E-state index contributed by atoms with van der Waals surface area (Å²) in [7, 11) is 0. The van der Waals surface area contributed by atoms with E-state index in [1.807, 2.05) is 30.3 Å². The predicted molar refractivity (Wildman–Crippen MR) is 104 cm³/mol. The number of hydrogen-bond donors (Lipinski definition) is 2. The number of nitrogens with zero attached hydrogens (tertiary/aromatic N) is 3. The van der Waals surface area contributed by atoms with E-state index in [9.17, 15) is 4.39 Å². The molecule has 0 fully saturated rings. The number of halogens is 2. The molecular weight excluding hydrogens is 397 g/mol. The summed E-state index contributed by atoms with van der Waals surface area (Å²) in [5.41, 5.74) is 2.44. The second kappa shape index (κ2) is 7.05. The number of fused-ring (bicyclic) bond motifs is 1. The second-order valence-corrected chi connectivity index (χ2v) is 6.41. The van der Waals surface area contributed by atoms with Gasteiger partial charge in [-0.3, -0.25) is 4.98 Å². The Hall–Kier alpha value is -3.06. The zero-order valence-electron chi connectivity index (χ0n) is 13.4. The van der Waals surface area contributed by atoms with Crippen molar-refractivity contribution in [1.29, 1.82) is 0 Å². The number of hydrogen-bond acceptors (Lipinski definition) is 5. The van der Waals surface area contributed by atoms with E-state index in [4.69, 9.17) is 0 Å². The molecule has 5 nitrogen and oxygen atoms in total. The van der Waals surface area contributed by atoms with Crippen molar-refractivity contribution in [2.24, 2.45) is 0 Å². The average molecular weight is 410 g/mol. The normalized spacial score (nSPS) is 10.7. The Labute approximate surface area is 157 Å². The van der Waals surface area contributed by atoms with Gasteiger partial charge in [-0.2, -0.15) is 4.98 Å². The molecule has 0 bridgehead atoms. The van der Waals surface area contributed by atoms with Crippen LogP contribution in [0.5, 0.6) is 0 Å². The summed E-state index contributed by atoms with van der Waals surface area (Å²) in [6.07, 6.45) is 3.40. The van der Waals surface area contributed by atoms with E-state index < -0.39 is 0 Å². The van der Waals surface area contributed by atoms with Crippen molar-refractivity contribution >= 4 is 50.0 Å². The molecule has 0 amide bonds. The molecule has 128 valence electrons. The average Bonchev–Trinajstić information content (AvgIpc) is 2.64. The Kier molecular flexibility index (Phi) is 4.45. The van der Waals surface area contributed by atoms with Gasteiger partial charge in [0.15, 0.2) is 0 Å². The van der Waals surface area contributed by atoms with Crippen LogP contribution in [0.25, 0.3) is 10.9 Å². The molecule has 0 saturated carbocycles. The van der Waals surface area contributed by atoms with Gasteiger partial charge >= 0.3 is 0 Å². The van der Waals surface area contributed by atoms with E-state index in [2.05, 4.69) is 41.5 Å². The minimum absolute atomic E-state index is 0.317. The minimum Gasteiger partial charge on any atom is -0.339 e. The minimum atomic E-state index is -0.317. The summed E-state index contributed by atoms with van der Waals surface area (Å²) in [5, 5.41) is 7.33. The SMILES string of the molecule is Fc1ccc(Nc2nccc(Nc3cnc4ccccc4c3)n2)c(Br)c1. The first kappa shape index (κ1) is 16.4. The van der Waals surface area contributed by atoms with Gasteiger partial charge in [0, 0.05) is 16.1 Å². The Morgan fingerprint density at radius 2 is 1.81 bits per heavy atom. The van der Waals surface area contributed by atoms with Crippen LogP contribution in [0.4, 0.5) is 27.5 Å². The zero-order valence-corrected chi connectivity index (χ0v) is 15.0. The van der Waals surface area contributed by atoms with Crippen LogP contribution in [0.15, 0.2) is 71.5 Å². The molecule has 0 aliphatic carbocycles. The van der Waals surface area contributed by atoms with Gasteiger partial charge in [-0.25, -0.2) is 9.37 Å². The van der Waals surface area contributed by atoms with Crippen LogP contribution in [0.2, 0.25) is 0 Å². The third-order valence-corrected chi connectivity index (χ3v) is 4.35. The Morgan fingerprint density at radius 1 is 0.923 bits per heavy atom. The van der Waals surface area contributed by atoms with Crippen LogP contribution in [-0.4, -0.2) is 15.0 Å². The number of benzene rings is 2. The highest BCUT2D eigenvalue weighted by Gasteiger charge is 2.05. The van der Waals surface area contributed by atoms with Gasteiger partial charge in [-0.1, -0.05) is 18.2 Å². The topological polar surface area (TPSA) is 62.7 Å². The lowest BCUT2D eigenvalue weighted by molar-refractivity contribution is 0.627. The van der Waals surface area contributed by atoms with Crippen LogP contribution in [0, 0.1) is 5.82 Å². The smallest absolute Gasteiger partial charge is 0.229 e. The maximum atomic E-state index is 13.2. The first-order valence-electron chi connectivity index (χ1n) is 7.84. The van der Waals surface area contributed by atoms with Gasteiger partial charge in [0.05, 0.1) is 23.1 Å². The summed E-state index contributed by atoms with van der Waals surface area (Å²) in [4.78, 5) is 13.1. The first-order valence-corrected chi connectivity index (χ1v) is 8.64. The lowest BCUT2D eigenvalue weighted by Crippen LogP contribution is -2.01. The van der Waals surface area contributed by atoms with Crippen molar-refractivity contribution in [3.05, 3.63) is 77.3 Å². The standard InChI is InChI=1S/C19H13BrFN5/c20-15-10-13(21)5-6-17(15)25-19-22-8-7-18(26-19)24-14-9-12-3-1-2-4-16(12)23-11-14/h1-11H,(H2,22,24,25,26). The molecule has 0 spiro atoms. The van der Waals surface area contributed by atoms with E-state index in [1.165, 1.54) is 12.1 Å². The summed E-state index contributed by atoms with van der Waals surface area (Å²) >= 11 is 3.32. The number of para-hydroxylation sites is 1. The predicted octanol–water partition coefficient (Wildman–Crippen LogP) is 5.41. The van der Waals surface area contributed by atoms with Crippen LogP contribution < -0.4 is 10.6 Å². The highest BCUT2D eigenvalue weighted by molar-refractivity contribution is 9.10. The van der Waals surface area contributed by atoms with E-state index >= 15 is 0 Å². The van der Waals surface area contributed by atoms with E-state index in [0.29, 0.717) is 21.9 Å². The van der Waals surface area contributed by atoms with Crippen molar-refractivity contribution in [3.8, 4) is 0 Å². The fraction of sp³-hybridized carbons (Fsp3) is 0. The Balaban J connectivity index is 1.56. The molecule has 2 N–H and O–H groups in total. The number of pyridine rings is 1. The molecule has 0 aliphatic heterocycles. The molecular formula is C19H13BrFN5. The quantitative estimate of drug-likeness (QED) is 0.471. The summed E-state index contributed by atoms with van der Waals surface area (Å²) < 4.78 is 13.8. The van der Waals surface area contributed by atoms with Crippen LogP contribution in [0.1, 0.15) is 0 Å². The van der Waals surface area contributed by atoms with Crippen LogP contribution in [0.3, 0.4) is 0 Å². The van der Waals surface area contributed by atoms with Crippen molar-refractivity contribution in [3.63, 3.8) is 0 Å². The molecule has 0 aliphatic rings. The molecule has 26 heavy (non-hydrogen) atoms. The van der Waals surface area contributed by atoms with Crippen molar-refractivity contribution in [1.82, 2.24) is 15.0 Å². The molecule has 2 heterocycles. The van der Waals surface area contributed by atoms with E-state index in [-0.39, 0.29) is 5.82 Å². The maximum absolute atomic E-state index is 13.2. The third-order valence-electron chi connectivity index (χ3n) is 3.70. The molecule has 2 aromatic carbocycles. The second-order valence-electron chi connectivity index (χ2n) is 5.56. The molecule has 4 rings (SSSR count). The van der Waals surface area contributed by atoms with E-state index in [0.717, 1.165) is 16.6 Å². The third kappa shape index (κ3) is 3.62. The fourth-order valence-electron chi connectivity index (χ4n) is 2.49. The van der Waals surface area contributed by atoms with Crippen molar-refractivity contribution in [2.45, 2.75) is 0 Å². The number of anilines is 4. The summed E-state index contributed by atoms with van der Waals surface area (Å²) in [6, 6.07) is 16.0. The van der Waals surface area contributed by atoms with Gasteiger partial charge in [0.25, 0.3) is 0 Å². The Morgan fingerprint density at radius 3 is 2.69 bits per heavy atom. The molecule has 0 saturated heterocycles. The van der Waals surface area contributed by atoms with Crippen LogP contribution >= 0.6 is 15.9 Å². The monoisotopic (exact) mass is 409 g/mol. The van der Waals surface area contributed by atoms with Gasteiger partial charge in [-0.05, 0) is 52.3 Å². The molecule has 0 radical (unpaired) electrons. The van der Waals surface area contributed by atoms with Crippen molar-refractivity contribution in [2.75, 3.05) is 10.6 Å². The number of aromatic nitrogens is 3. The fourth-order valence-corrected chi connectivity index (χ4v) is 2.94. The highest BCUT2D eigenvalue weighted by Crippen LogP contribution is 2.26. The molecule has 7 heteroatoms. The molecule has 2 aromatic heterocycles. The van der Waals surface area contributed by atoms with Crippen molar-refractivity contribution < 1.29 is 4.39 Å². The first-order chi connectivity index (χ1) is 12.7. The molecule has 4 aromatic rings. The molecule has 0 unspecified atom stereocenters. The highest BCUT2D eigenvalue weighted by atomic mass is 79.9.